The molecule has 0 saturated carbocycles. The van der Waals surface area contributed by atoms with Crippen LogP contribution in [0.1, 0.15) is 30.6 Å². The molecular weight excluding hydrogens is 326 g/mol. The maximum atomic E-state index is 12.9. The summed E-state index contributed by atoms with van der Waals surface area (Å²) in [6.45, 7) is 7.76. The van der Waals surface area contributed by atoms with E-state index in [0.29, 0.717) is 12.1 Å². The van der Waals surface area contributed by atoms with Crippen LogP contribution in [0.4, 0.5) is 0 Å². The van der Waals surface area contributed by atoms with E-state index in [0.717, 1.165) is 43.9 Å². The van der Waals surface area contributed by atoms with Gasteiger partial charge >= 0.3 is 0 Å². The fraction of sp³-hybridized carbons (Fsp3) is 0.476. The van der Waals surface area contributed by atoms with Crippen molar-refractivity contribution >= 4 is 5.91 Å². The van der Waals surface area contributed by atoms with E-state index in [1.54, 1.807) is 7.11 Å². The number of nitrogens with zero attached hydrogens (tertiary/aromatic N) is 3. The van der Waals surface area contributed by atoms with E-state index in [1.165, 1.54) is 0 Å². The van der Waals surface area contributed by atoms with Crippen LogP contribution in [0.5, 0.6) is 0 Å². The highest BCUT2D eigenvalue weighted by molar-refractivity contribution is 5.94. The van der Waals surface area contributed by atoms with Crippen LogP contribution in [0.3, 0.4) is 0 Å². The number of hydrogen-bond donors (Lipinski definition) is 0. The molecule has 0 aliphatic carbocycles. The van der Waals surface area contributed by atoms with E-state index >= 15 is 0 Å². The Morgan fingerprint density at radius 2 is 1.69 bits per heavy atom. The topological polar surface area (TPSA) is 37.7 Å². The summed E-state index contributed by atoms with van der Waals surface area (Å²) in [6.07, 6.45) is 5.03. The predicted molar refractivity (Wildman–Crippen MR) is 104 cm³/mol. The number of carbonyl (C=O) groups is 1. The molecule has 2 heterocycles. The summed E-state index contributed by atoms with van der Waals surface area (Å²) in [7, 11) is 1.74. The van der Waals surface area contributed by atoms with Crippen molar-refractivity contribution in [2.75, 3.05) is 33.4 Å². The minimum absolute atomic E-state index is 0.124. The summed E-state index contributed by atoms with van der Waals surface area (Å²) in [4.78, 5) is 17.4. The molecule has 26 heavy (non-hydrogen) atoms. The number of amides is 1. The van der Waals surface area contributed by atoms with Gasteiger partial charge in [-0.3, -0.25) is 9.69 Å². The molecule has 1 aliphatic rings. The normalized spacial score (nSPS) is 21.1. The first-order valence-electron chi connectivity index (χ1n) is 9.37. The molecule has 1 fully saturated rings. The van der Waals surface area contributed by atoms with Gasteiger partial charge in [-0.1, -0.05) is 0 Å². The lowest BCUT2D eigenvalue weighted by atomic mass is 10.1. The summed E-state index contributed by atoms with van der Waals surface area (Å²) >= 11 is 0. The van der Waals surface area contributed by atoms with Gasteiger partial charge in [0.15, 0.2) is 0 Å². The number of carbonyl (C=O) groups excluding carboxylic acids is 1. The molecule has 3 rings (SSSR count). The smallest absolute Gasteiger partial charge is 0.253 e. The maximum absolute atomic E-state index is 12.9. The lowest BCUT2D eigenvalue weighted by Crippen LogP contribution is -2.58. The molecule has 2 aromatic rings. The van der Waals surface area contributed by atoms with Crippen LogP contribution in [0, 0.1) is 0 Å². The van der Waals surface area contributed by atoms with Gasteiger partial charge in [0.2, 0.25) is 0 Å². The Bertz CT molecular complexity index is 685. The standard InChI is InChI=1S/C21H29N3O2/c1-17-15-23(16-18(2)24(17)13-6-14-26-3)21(25)19-7-9-20(10-8-19)22-11-4-5-12-22/h4-5,7-12,17-18H,6,13-16H2,1-3H3. The van der Waals surface area contributed by atoms with Gasteiger partial charge in [0.05, 0.1) is 0 Å². The van der Waals surface area contributed by atoms with Gasteiger partial charge in [0, 0.05) is 69.1 Å². The van der Waals surface area contributed by atoms with Crippen molar-refractivity contribution in [1.29, 1.82) is 0 Å². The second-order valence-corrected chi connectivity index (χ2v) is 7.13. The SMILES string of the molecule is COCCCN1C(C)CN(C(=O)c2ccc(-n3cccc3)cc2)CC1C. The zero-order valence-electron chi connectivity index (χ0n) is 16.0. The molecule has 1 aromatic heterocycles. The summed E-state index contributed by atoms with van der Waals surface area (Å²) in [5.41, 5.74) is 1.82. The second kappa shape index (κ2) is 8.52. The lowest BCUT2D eigenvalue weighted by Gasteiger charge is -2.44. The number of piperazine rings is 1. The van der Waals surface area contributed by atoms with Gasteiger partial charge in [-0.05, 0) is 56.7 Å². The number of aromatic nitrogens is 1. The Morgan fingerprint density at radius 1 is 1.08 bits per heavy atom. The first kappa shape index (κ1) is 18.7. The Morgan fingerprint density at radius 3 is 2.27 bits per heavy atom. The first-order valence-corrected chi connectivity index (χ1v) is 9.37. The molecule has 1 amide bonds. The zero-order valence-corrected chi connectivity index (χ0v) is 16.0. The molecular formula is C21H29N3O2. The van der Waals surface area contributed by atoms with Crippen LogP contribution in [0.15, 0.2) is 48.8 Å². The average molecular weight is 355 g/mol. The predicted octanol–water partition coefficient (Wildman–Crippen LogP) is 3.05. The second-order valence-electron chi connectivity index (χ2n) is 7.13. The number of hydrogen-bond acceptors (Lipinski definition) is 3. The maximum Gasteiger partial charge on any atom is 0.253 e. The Labute approximate surface area is 156 Å². The number of rotatable bonds is 6. The van der Waals surface area contributed by atoms with E-state index in [1.807, 2.05) is 58.3 Å². The summed E-state index contributed by atoms with van der Waals surface area (Å²) in [5, 5.41) is 0. The van der Waals surface area contributed by atoms with Gasteiger partial charge < -0.3 is 14.2 Å². The largest absolute Gasteiger partial charge is 0.385 e. The first-order chi connectivity index (χ1) is 12.6. The molecule has 5 heteroatoms. The number of ether oxygens (including phenoxy) is 1. The highest BCUT2D eigenvalue weighted by Gasteiger charge is 2.31. The molecule has 1 aromatic carbocycles. The van der Waals surface area contributed by atoms with Gasteiger partial charge in [-0.15, -0.1) is 0 Å². The van der Waals surface area contributed by atoms with Crippen LogP contribution in [0.2, 0.25) is 0 Å². The molecule has 140 valence electrons. The third-order valence-corrected chi connectivity index (χ3v) is 5.17. The summed E-state index contributed by atoms with van der Waals surface area (Å²) < 4.78 is 7.20. The van der Waals surface area contributed by atoms with E-state index in [2.05, 4.69) is 18.7 Å². The Hall–Kier alpha value is -2.11. The van der Waals surface area contributed by atoms with Crippen LogP contribution in [-0.4, -0.2) is 65.7 Å². The Balaban J connectivity index is 1.63. The minimum Gasteiger partial charge on any atom is -0.385 e. The molecule has 5 nitrogen and oxygen atoms in total. The number of methoxy groups -OCH3 is 1. The van der Waals surface area contributed by atoms with Crippen molar-refractivity contribution in [3.8, 4) is 5.69 Å². The van der Waals surface area contributed by atoms with Crippen molar-refractivity contribution < 1.29 is 9.53 Å². The molecule has 0 spiro atoms. The minimum atomic E-state index is 0.124. The van der Waals surface area contributed by atoms with Gasteiger partial charge in [-0.2, -0.15) is 0 Å². The van der Waals surface area contributed by atoms with Gasteiger partial charge in [0.1, 0.15) is 0 Å². The van der Waals surface area contributed by atoms with Crippen molar-refractivity contribution in [2.24, 2.45) is 0 Å². The monoisotopic (exact) mass is 355 g/mol. The van der Waals surface area contributed by atoms with Crippen LogP contribution in [-0.2, 0) is 4.74 Å². The fourth-order valence-corrected chi connectivity index (χ4v) is 3.82. The van der Waals surface area contributed by atoms with Crippen molar-refractivity contribution in [3.63, 3.8) is 0 Å². The number of benzene rings is 1. The highest BCUT2D eigenvalue weighted by atomic mass is 16.5. The van der Waals surface area contributed by atoms with E-state index < -0.39 is 0 Å². The lowest BCUT2D eigenvalue weighted by molar-refractivity contribution is 0.0270. The molecule has 1 saturated heterocycles. The van der Waals surface area contributed by atoms with Crippen LogP contribution in [0.25, 0.3) is 5.69 Å². The Kier molecular flexibility index (Phi) is 6.12. The molecule has 0 bridgehead atoms. The zero-order chi connectivity index (χ0) is 18.5. The molecule has 2 unspecified atom stereocenters. The third-order valence-electron chi connectivity index (χ3n) is 5.17. The van der Waals surface area contributed by atoms with Crippen molar-refractivity contribution in [3.05, 3.63) is 54.4 Å². The fourth-order valence-electron chi connectivity index (χ4n) is 3.82. The molecule has 0 N–H and O–H groups in total. The highest BCUT2D eigenvalue weighted by Crippen LogP contribution is 2.19. The van der Waals surface area contributed by atoms with Crippen LogP contribution >= 0.6 is 0 Å². The summed E-state index contributed by atoms with van der Waals surface area (Å²) in [6, 6.07) is 12.6. The van der Waals surface area contributed by atoms with Crippen molar-refractivity contribution in [1.82, 2.24) is 14.4 Å². The summed E-state index contributed by atoms with van der Waals surface area (Å²) in [5.74, 6) is 0.124. The quantitative estimate of drug-likeness (QED) is 0.748. The molecule has 0 radical (unpaired) electrons. The van der Waals surface area contributed by atoms with Crippen LogP contribution < -0.4 is 0 Å². The third kappa shape index (κ3) is 4.17. The van der Waals surface area contributed by atoms with Gasteiger partial charge in [-0.25, -0.2) is 0 Å². The molecule has 2 atom stereocenters. The van der Waals surface area contributed by atoms with Gasteiger partial charge in [0.25, 0.3) is 5.91 Å². The molecule has 1 aliphatic heterocycles. The van der Waals surface area contributed by atoms with E-state index in [9.17, 15) is 4.79 Å². The van der Waals surface area contributed by atoms with E-state index in [-0.39, 0.29) is 5.91 Å². The van der Waals surface area contributed by atoms with E-state index in [4.69, 9.17) is 4.74 Å². The van der Waals surface area contributed by atoms with Crippen molar-refractivity contribution in [2.45, 2.75) is 32.4 Å². The average Bonchev–Trinajstić information content (AvgIpc) is 3.18.